The minimum Gasteiger partial charge on any atom is -0.478 e. The molecular formula is C14H19FN2O3. The average Bonchev–Trinajstić information content (AvgIpc) is 2.39. The number of aromatic carboxylic acids is 1. The highest BCUT2D eigenvalue weighted by Crippen LogP contribution is 2.18. The van der Waals surface area contributed by atoms with E-state index in [4.69, 9.17) is 5.11 Å². The predicted octanol–water partition coefficient (Wildman–Crippen LogP) is 3.18. The summed E-state index contributed by atoms with van der Waals surface area (Å²) in [5, 5.41) is 11.5. The van der Waals surface area contributed by atoms with Crippen molar-refractivity contribution in [3.05, 3.63) is 29.6 Å². The SMILES string of the molecule is CCCC(C)N(C)C(=O)Nc1ccc(F)cc1C(=O)O. The van der Waals surface area contributed by atoms with E-state index in [0.29, 0.717) is 0 Å². The molecule has 0 radical (unpaired) electrons. The van der Waals surface area contributed by atoms with Gasteiger partial charge in [-0.1, -0.05) is 13.3 Å². The highest BCUT2D eigenvalue weighted by Gasteiger charge is 2.18. The van der Waals surface area contributed by atoms with E-state index in [-0.39, 0.29) is 17.3 Å². The topological polar surface area (TPSA) is 69.6 Å². The van der Waals surface area contributed by atoms with Crippen LogP contribution in [0.25, 0.3) is 0 Å². The number of carbonyl (C=O) groups is 2. The Hall–Kier alpha value is -2.11. The lowest BCUT2D eigenvalue weighted by Gasteiger charge is -2.25. The summed E-state index contributed by atoms with van der Waals surface area (Å²) in [6.45, 7) is 3.93. The Morgan fingerprint density at radius 3 is 2.65 bits per heavy atom. The van der Waals surface area contributed by atoms with Crippen LogP contribution in [0.4, 0.5) is 14.9 Å². The number of benzene rings is 1. The van der Waals surface area contributed by atoms with Crippen molar-refractivity contribution in [2.24, 2.45) is 0 Å². The van der Waals surface area contributed by atoms with E-state index in [1.807, 2.05) is 13.8 Å². The van der Waals surface area contributed by atoms with Crippen LogP contribution >= 0.6 is 0 Å². The van der Waals surface area contributed by atoms with E-state index in [1.54, 1.807) is 7.05 Å². The normalized spacial score (nSPS) is 11.8. The Labute approximate surface area is 117 Å². The number of rotatable bonds is 5. The second-order valence-corrected chi connectivity index (χ2v) is 4.67. The maximum atomic E-state index is 13.0. The molecule has 0 spiro atoms. The highest BCUT2D eigenvalue weighted by atomic mass is 19.1. The summed E-state index contributed by atoms with van der Waals surface area (Å²) in [5.74, 6) is -1.95. The van der Waals surface area contributed by atoms with E-state index in [2.05, 4.69) is 5.32 Å². The summed E-state index contributed by atoms with van der Waals surface area (Å²) in [6, 6.07) is 2.86. The molecule has 0 heterocycles. The Balaban J connectivity index is 2.88. The van der Waals surface area contributed by atoms with Gasteiger partial charge in [-0.05, 0) is 31.5 Å². The molecule has 0 aliphatic heterocycles. The number of hydrogen-bond acceptors (Lipinski definition) is 2. The minimum atomic E-state index is -1.29. The number of anilines is 1. The number of carboxylic acids is 1. The fraction of sp³-hybridized carbons (Fsp3) is 0.429. The first-order chi connectivity index (χ1) is 9.36. The maximum absolute atomic E-state index is 13.0. The van der Waals surface area contributed by atoms with Crippen molar-refractivity contribution in [3.8, 4) is 0 Å². The molecule has 20 heavy (non-hydrogen) atoms. The van der Waals surface area contributed by atoms with Crippen LogP contribution in [0.2, 0.25) is 0 Å². The largest absolute Gasteiger partial charge is 0.478 e. The number of hydrogen-bond donors (Lipinski definition) is 2. The van der Waals surface area contributed by atoms with Crippen LogP contribution in [0, 0.1) is 5.82 Å². The van der Waals surface area contributed by atoms with Crippen molar-refractivity contribution in [1.82, 2.24) is 4.90 Å². The second-order valence-electron chi connectivity index (χ2n) is 4.67. The smallest absolute Gasteiger partial charge is 0.337 e. The highest BCUT2D eigenvalue weighted by molar-refractivity contribution is 6.00. The third-order valence-electron chi connectivity index (χ3n) is 3.14. The van der Waals surface area contributed by atoms with Crippen molar-refractivity contribution in [2.45, 2.75) is 32.7 Å². The molecule has 0 saturated heterocycles. The first kappa shape index (κ1) is 15.9. The van der Waals surface area contributed by atoms with Crippen LogP contribution in [0.15, 0.2) is 18.2 Å². The van der Waals surface area contributed by atoms with Gasteiger partial charge >= 0.3 is 12.0 Å². The van der Waals surface area contributed by atoms with Crippen LogP contribution in [0.3, 0.4) is 0 Å². The standard InChI is InChI=1S/C14H19FN2O3/c1-4-5-9(2)17(3)14(20)16-12-7-6-10(15)8-11(12)13(18)19/h6-9H,4-5H2,1-3H3,(H,16,20)(H,18,19). The predicted molar refractivity (Wildman–Crippen MR) is 74.5 cm³/mol. The van der Waals surface area contributed by atoms with Gasteiger partial charge in [0.2, 0.25) is 0 Å². The van der Waals surface area contributed by atoms with E-state index < -0.39 is 17.8 Å². The Morgan fingerprint density at radius 2 is 2.10 bits per heavy atom. The monoisotopic (exact) mass is 282 g/mol. The molecule has 0 bridgehead atoms. The number of halogens is 1. The van der Waals surface area contributed by atoms with Gasteiger partial charge in [0.15, 0.2) is 0 Å². The molecule has 0 aromatic heterocycles. The summed E-state index contributed by atoms with van der Waals surface area (Å²) in [6.07, 6.45) is 1.79. The van der Waals surface area contributed by atoms with Gasteiger partial charge in [0.25, 0.3) is 0 Å². The maximum Gasteiger partial charge on any atom is 0.337 e. The molecule has 1 aromatic rings. The number of carbonyl (C=O) groups excluding carboxylic acids is 1. The molecule has 5 nitrogen and oxygen atoms in total. The quantitative estimate of drug-likeness (QED) is 0.871. The Morgan fingerprint density at radius 1 is 1.45 bits per heavy atom. The van der Waals surface area contributed by atoms with Gasteiger partial charge in [-0.25, -0.2) is 14.0 Å². The van der Waals surface area contributed by atoms with E-state index in [1.165, 1.54) is 11.0 Å². The van der Waals surface area contributed by atoms with Crippen LogP contribution < -0.4 is 5.32 Å². The average molecular weight is 282 g/mol. The van der Waals surface area contributed by atoms with Crippen molar-refractivity contribution in [2.75, 3.05) is 12.4 Å². The van der Waals surface area contributed by atoms with Crippen molar-refractivity contribution < 1.29 is 19.1 Å². The number of amides is 2. The zero-order chi connectivity index (χ0) is 15.3. The Bertz CT molecular complexity index is 505. The van der Waals surface area contributed by atoms with E-state index >= 15 is 0 Å². The molecule has 6 heteroatoms. The van der Waals surface area contributed by atoms with Crippen molar-refractivity contribution in [3.63, 3.8) is 0 Å². The Kier molecular flexibility index (Phi) is 5.49. The molecule has 1 atom stereocenters. The van der Waals surface area contributed by atoms with Crippen LogP contribution in [-0.2, 0) is 0 Å². The fourth-order valence-corrected chi connectivity index (χ4v) is 1.82. The van der Waals surface area contributed by atoms with E-state index in [0.717, 1.165) is 25.0 Å². The summed E-state index contributed by atoms with van der Waals surface area (Å²) in [5.41, 5.74) is -0.186. The van der Waals surface area contributed by atoms with Gasteiger partial charge in [-0.15, -0.1) is 0 Å². The third-order valence-corrected chi connectivity index (χ3v) is 3.14. The lowest BCUT2D eigenvalue weighted by Crippen LogP contribution is -2.38. The van der Waals surface area contributed by atoms with Crippen molar-refractivity contribution in [1.29, 1.82) is 0 Å². The summed E-state index contributed by atoms with van der Waals surface area (Å²) >= 11 is 0. The molecule has 1 rings (SSSR count). The van der Waals surface area contributed by atoms with Crippen LogP contribution in [0.5, 0.6) is 0 Å². The zero-order valence-electron chi connectivity index (χ0n) is 11.8. The summed E-state index contributed by atoms with van der Waals surface area (Å²) < 4.78 is 13.0. The fourth-order valence-electron chi connectivity index (χ4n) is 1.82. The lowest BCUT2D eigenvalue weighted by molar-refractivity contribution is 0.0697. The number of nitrogens with one attached hydrogen (secondary N) is 1. The first-order valence-electron chi connectivity index (χ1n) is 6.43. The van der Waals surface area contributed by atoms with Gasteiger partial charge in [-0.2, -0.15) is 0 Å². The van der Waals surface area contributed by atoms with Crippen molar-refractivity contribution >= 4 is 17.7 Å². The summed E-state index contributed by atoms with van der Waals surface area (Å²) in [7, 11) is 1.64. The molecule has 0 aliphatic rings. The van der Waals surface area contributed by atoms with Gasteiger partial charge in [-0.3, -0.25) is 0 Å². The number of nitrogens with zero attached hydrogens (tertiary/aromatic N) is 1. The molecule has 0 aliphatic carbocycles. The summed E-state index contributed by atoms with van der Waals surface area (Å²) in [4.78, 5) is 24.5. The van der Waals surface area contributed by atoms with Gasteiger partial charge in [0.05, 0.1) is 11.3 Å². The molecule has 110 valence electrons. The first-order valence-corrected chi connectivity index (χ1v) is 6.43. The van der Waals surface area contributed by atoms with Crippen LogP contribution in [-0.4, -0.2) is 35.1 Å². The number of carboxylic acid groups (broad SMARTS) is 1. The molecule has 0 saturated carbocycles. The van der Waals surface area contributed by atoms with Gasteiger partial charge < -0.3 is 15.3 Å². The molecule has 1 aromatic carbocycles. The molecule has 2 amide bonds. The minimum absolute atomic E-state index is 0.0359. The van der Waals surface area contributed by atoms with E-state index in [9.17, 15) is 14.0 Å². The van der Waals surface area contributed by atoms with Crippen LogP contribution in [0.1, 0.15) is 37.0 Å². The zero-order valence-corrected chi connectivity index (χ0v) is 11.8. The van der Waals surface area contributed by atoms with Gasteiger partial charge in [0.1, 0.15) is 5.82 Å². The third kappa shape index (κ3) is 3.94. The second kappa shape index (κ2) is 6.88. The lowest BCUT2D eigenvalue weighted by atomic mass is 10.1. The molecule has 0 fully saturated rings. The molecule has 1 unspecified atom stereocenters. The molecular weight excluding hydrogens is 263 g/mol. The molecule has 2 N–H and O–H groups in total. The number of urea groups is 1. The van der Waals surface area contributed by atoms with Gasteiger partial charge in [0, 0.05) is 13.1 Å².